The molecule has 0 aliphatic carbocycles. The van der Waals surface area contributed by atoms with Crippen LogP contribution in [0.15, 0.2) is 34.5 Å². The van der Waals surface area contributed by atoms with Crippen molar-refractivity contribution in [2.24, 2.45) is 0 Å². The van der Waals surface area contributed by atoms with Gasteiger partial charge < -0.3 is 8.92 Å². The van der Waals surface area contributed by atoms with Crippen molar-refractivity contribution in [3.63, 3.8) is 0 Å². The second-order valence-electron chi connectivity index (χ2n) is 4.60. The van der Waals surface area contributed by atoms with Crippen molar-refractivity contribution in [2.75, 3.05) is 6.61 Å². The molecule has 118 valence electrons. The Balaban J connectivity index is 2.34. The van der Waals surface area contributed by atoms with E-state index in [1.54, 1.807) is 26.0 Å². The number of hydrogen-bond donors (Lipinski definition) is 0. The first-order chi connectivity index (χ1) is 10.3. The van der Waals surface area contributed by atoms with Gasteiger partial charge in [-0.15, -0.1) is 11.3 Å². The van der Waals surface area contributed by atoms with Gasteiger partial charge in [0.25, 0.3) is 0 Å². The molecule has 0 saturated carbocycles. The molecule has 2 rings (SSSR count). The first kappa shape index (κ1) is 16.5. The fraction of sp³-hybridized carbons (Fsp3) is 0.267. The fourth-order valence-electron chi connectivity index (χ4n) is 1.81. The summed E-state index contributed by atoms with van der Waals surface area (Å²) in [5, 5.41) is 1.49. The van der Waals surface area contributed by atoms with Gasteiger partial charge in [-0.05, 0) is 32.9 Å². The summed E-state index contributed by atoms with van der Waals surface area (Å²) >= 11 is 1.23. The number of hydrogen-bond acceptors (Lipinski definition) is 6. The van der Waals surface area contributed by atoms with Crippen LogP contribution >= 0.6 is 11.3 Å². The second kappa shape index (κ2) is 6.50. The molecule has 22 heavy (non-hydrogen) atoms. The van der Waals surface area contributed by atoms with Crippen molar-refractivity contribution in [3.05, 3.63) is 45.6 Å². The number of rotatable bonds is 5. The molecule has 0 unspecified atom stereocenters. The maximum Gasteiger partial charge on any atom is 0.343 e. The number of esters is 1. The molecule has 0 atom stereocenters. The summed E-state index contributed by atoms with van der Waals surface area (Å²) < 4.78 is 34.6. The van der Waals surface area contributed by atoms with E-state index in [2.05, 4.69) is 0 Å². The quantitative estimate of drug-likeness (QED) is 0.617. The van der Waals surface area contributed by atoms with Gasteiger partial charge >= 0.3 is 16.1 Å². The molecule has 0 amide bonds. The smallest absolute Gasteiger partial charge is 0.343 e. The van der Waals surface area contributed by atoms with Gasteiger partial charge in [-0.2, -0.15) is 8.42 Å². The topological polar surface area (TPSA) is 69.7 Å². The zero-order valence-electron chi connectivity index (χ0n) is 12.5. The van der Waals surface area contributed by atoms with Crippen LogP contribution in [-0.4, -0.2) is 21.0 Å². The first-order valence-corrected chi connectivity index (χ1v) is 8.90. The van der Waals surface area contributed by atoms with Crippen LogP contribution in [0.5, 0.6) is 5.75 Å². The standard InChI is InChI=1S/C15H16O5S2/c1-4-19-15(16)14-11(3)21-9-13(14)20-22(17,18)12-7-5-10(2)6-8-12/h5-9H,4H2,1-3H3. The lowest BCUT2D eigenvalue weighted by atomic mass is 10.2. The third-order valence-electron chi connectivity index (χ3n) is 2.93. The maximum absolute atomic E-state index is 12.3. The molecule has 5 nitrogen and oxygen atoms in total. The number of benzene rings is 1. The molecule has 0 aliphatic heterocycles. The minimum atomic E-state index is -3.99. The minimum absolute atomic E-state index is 0.00141. The number of aryl methyl sites for hydroxylation is 2. The lowest BCUT2D eigenvalue weighted by Gasteiger charge is -2.08. The Morgan fingerprint density at radius 2 is 1.82 bits per heavy atom. The highest BCUT2D eigenvalue weighted by Gasteiger charge is 2.24. The predicted molar refractivity (Wildman–Crippen MR) is 84.0 cm³/mol. The molecule has 0 radical (unpaired) electrons. The van der Waals surface area contributed by atoms with E-state index in [0.29, 0.717) is 4.88 Å². The van der Waals surface area contributed by atoms with Gasteiger partial charge in [0.15, 0.2) is 5.75 Å². The Hall–Kier alpha value is -1.86. The van der Waals surface area contributed by atoms with Crippen LogP contribution < -0.4 is 4.18 Å². The van der Waals surface area contributed by atoms with Crippen LogP contribution in [0.4, 0.5) is 0 Å². The first-order valence-electron chi connectivity index (χ1n) is 6.61. The van der Waals surface area contributed by atoms with Crippen molar-refractivity contribution in [3.8, 4) is 5.75 Å². The molecule has 0 spiro atoms. The lowest BCUT2D eigenvalue weighted by Crippen LogP contribution is -2.13. The number of thiophene rings is 1. The largest absolute Gasteiger partial charge is 0.462 e. The van der Waals surface area contributed by atoms with Gasteiger partial charge in [0.1, 0.15) is 10.5 Å². The summed E-state index contributed by atoms with van der Waals surface area (Å²) in [6.45, 7) is 5.46. The average Bonchev–Trinajstić information content (AvgIpc) is 2.80. The van der Waals surface area contributed by atoms with Crippen LogP contribution in [0.25, 0.3) is 0 Å². The Labute approximate surface area is 133 Å². The Morgan fingerprint density at radius 1 is 1.18 bits per heavy atom. The highest BCUT2D eigenvalue weighted by Crippen LogP contribution is 2.31. The van der Waals surface area contributed by atoms with Gasteiger partial charge in [-0.3, -0.25) is 0 Å². The molecule has 2 aromatic rings. The van der Waals surface area contributed by atoms with E-state index in [0.717, 1.165) is 5.56 Å². The molecule has 0 fully saturated rings. The van der Waals surface area contributed by atoms with Crippen molar-refractivity contribution >= 4 is 27.4 Å². The molecular formula is C15H16O5S2. The third-order valence-corrected chi connectivity index (χ3v) is 5.07. The highest BCUT2D eigenvalue weighted by molar-refractivity contribution is 7.87. The second-order valence-corrected chi connectivity index (χ2v) is 7.23. The van der Waals surface area contributed by atoms with E-state index in [4.69, 9.17) is 8.92 Å². The van der Waals surface area contributed by atoms with E-state index in [9.17, 15) is 13.2 Å². The Morgan fingerprint density at radius 3 is 2.41 bits per heavy atom. The highest BCUT2D eigenvalue weighted by atomic mass is 32.2. The Kier molecular flexibility index (Phi) is 4.87. The third kappa shape index (κ3) is 3.48. The monoisotopic (exact) mass is 340 g/mol. The zero-order chi connectivity index (χ0) is 16.3. The fourth-order valence-corrected chi connectivity index (χ4v) is 3.56. The summed E-state index contributed by atoms with van der Waals surface area (Å²) in [6.07, 6.45) is 0. The number of carbonyl (C=O) groups excluding carboxylic acids is 1. The zero-order valence-corrected chi connectivity index (χ0v) is 14.1. The normalized spacial score (nSPS) is 11.2. The summed E-state index contributed by atoms with van der Waals surface area (Å²) in [6, 6.07) is 6.30. The Bertz CT molecular complexity index is 773. The van der Waals surface area contributed by atoms with Crippen LogP contribution in [0.2, 0.25) is 0 Å². The van der Waals surface area contributed by atoms with Crippen LogP contribution in [0.3, 0.4) is 0 Å². The van der Waals surface area contributed by atoms with E-state index < -0.39 is 16.1 Å². The van der Waals surface area contributed by atoms with E-state index in [1.807, 2.05) is 6.92 Å². The minimum Gasteiger partial charge on any atom is -0.462 e. The van der Waals surface area contributed by atoms with Crippen molar-refractivity contribution in [1.82, 2.24) is 0 Å². The van der Waals surface area contributed by atoms with Crippen LogP contribution in [0, 0.1) is 13.8 Å². The molecule has 0 N–H and O–H groups in total. The van der Waals surface area contributed by atoms with Crippen LogP contribution in [-0.2, 0) is 14.9 Å². The lowest BCUT2D eigenvalue weighted by molar-refractivity contribution is 0.0524. The maximum atomic E-state index is 12.3. The van der Waals surface area contributed by atoms with E-state index in [-0.39, 0.29) is 22.8 Å². The SMILES string of the molecule is CCOC(=O)c1c(OS(=O)(=O)c2ccc(C)cc2)csc1C. The molecule has 0 saturated heterocycles. The molecule has 0 bridgehead atoms. The summed E-state index contributed by atoms with van der Waals surface area (Å²) in [5.74, 6) is -0.586. The van der Waals surface area contributed by atoms with Crippen molar-refractivity contribution in [1.29, 1.82) is 0 Å². The molecular weight excluding hydrogens is 324 g/mol. The molecule has 1 aromatic carbocycles. The van der Waals surface area contributed by atoms with Gasteiger partial charge in [0.05, 0.1) is 6.61 Å². The number of carbonyl (C=O) groups is 1. The summed E-state index contributed by atoms with van der Waals surface area (Å²) in [4.78, 5) is 12.6. The number of ether oxygens (including phenoxy) is 1. The van der Waals surface area contributed by atoms with Crippen LogP contribution in [0.1, 0.15) is 27.7 Å². The molecule has 1 aromatic heterocycles. The van der Waals surface area contributed by atoms with Gasteiger partial charge in [0.2, 0.25) is 0 Å². The summed E-state index contributed by atoms with van der Waals surface area (Å²) in [7, 11) is -3.99. The average molecular weight is 340 g/mol. The van der Waals surface area contributed by atoms with Gasteiger partial charge in [-0.25, -0.2) is 4.79 Å². The van der Waals surface area contributed by atoms with E-state index >= 15 is 0 Å². The van der Waals surface area contributed by atoms with E-state index in [1.165, 1.54) is 28.8 Å². The van der Waals surface area contributed by atoms with Crippen molar-refractivity contribution in [2.45, 2.75) is 25.7 Å². The molecule has 1 heterocycles. The molecule has 7 heteroatoms. The molecule has 0 aliphatic rings. The predicted octanol–water partition coefficient (Wildman–Crippen LogP) is 3.31. The van der Waals surface area contributed by atoms with Crippen molar-refractivity contribution < 1.29 is 22.1 Å². The van der Waals surface area contributed by atoms with Gasteiger partial charge in [-0.1, -0.05) is 17.7 Å². The van der Waals surface area contributed by atoms with Gasteiger partial charge in [0, 0.05) is 10.3 Å². The summed E-state index contributed by atoms with van der Waals surface area (Å²) in [5.41, 5.74) is 1.10.